The van der Waals surface area contributed by atoms with E-state index in [9.17, 15) is 18.0 Å². The molecule has 0 aliphatic carbocycles. The van der Waals surface area contributed by atoms with Crippen molar-refractivity contribution >= 4 is 23.3 Å². The number of hydrogen-bond acceptors (Lipinski definition) is 4. The number of nitrogen functional groups attached to an aromatic ring is 1. The Kier molecular flexibility index (Phi) is 5.07. The first kappa shape index (κ1) is 17.0. The highest BCUT2D eigenvalue weighted by molar-refractivity contribution is 6.33. The van der Waals surface area contributed by atoms with Crippen molar-refractivity contribution in [3.05, 3.63) is 58.2 Å². The van der Waals surface area contributed by atoms with E-state index in [1.807, 2.05) is 0 Å². The highest BCUT2D eigenvalue weighted by Crippen LogP contribution is 2.29. The van der Waals surface area contributed by atoms with Crippen LogP contribution in [0.5, 0.6) is 0 Å². The second-order valence-corrected chi connectivity index (χ2v) is 4.91. The number of halogens is 4. The van der Waals surface area contributed by atoms with Crippen LogP contribution in [0, 0.1) is 0 Å². The summed E-state index contributed by atoms with van der Waals surface area (Å²) < 4.78 is 37.2. The summed E-state index contributed by atoms with van der Waals surface area (Å²) in [6.07, 6.45) is -3.17. The SMILES string of the molecule is Nc1ncc(C(=O)NOCc2ccc(C(F)(F)F)cc2)cc1Cl. The number of benzene rings is 1. The average molecular weight is 346 g/mol. The lowest BCUT2D eigenvalue weighted by Gasteiger charge is -2.09. The van der Waals surface area contributed by atoms with Crippen molar-refractivity contribution in [2.24, 2.45) is 0 Å². The van der Waals surface area contributed by atoms with Gasteiger partial charge in [-0.2, -0.15) is 13.2 Å². The van der Waals surface area contributed by atoms with Crippen molar-refractivity contribution in [1.82, 2.24) is 10.5 Å². The Labute approximate surface area is 134 Å². The van der Waals surface area contributed by atoms with Gasteiger partial charge in [-0.25, -0.2) is 10.5 Å². The third-order valence-corrected chi connectivity index (χ3v) is 3.12. The van der Waals surface area contributed by atoms with Crippen LogP contribution < -0.4 is 11.2 Å². The summed E-state index contributed by atoms with van der Waals surface area (Å²) in [7, 11) is 0. The number of alkyl halides is 3. The second-order valence-electron chi connectivity index (χ2n) is 4.51. The summed E-state index contributed by atoms with van der Waals surface area (Å²) in [6, 6.07) is 5.71. The summed E-state index contributed by atoms with van der Waals surface area (Å²) in [4.78, 5) is 20.4. The molecule has 2 aromatic rings. The molecule has 0 aliphatic heterocycles. The molecule has 1 aromatic carbocycles. The Morgan fingerprint density at radius 2 is 1.96 bits per heavy atom. The van der Waals surface area contributed by atoms with Gasteiger partial charge in [-0.1, -0.05) is 23.7 Å². The number of pyridine rings is 1. The summed E-state index contributed by atoms with van der Waals surface area (Å²) in [5.41, 5.74) is 7.40. The lowest BCUT2D eigenvalue weighted by atomic mass is 10.1. The molecule has 0 saturated carbocycles. The molecule has 0 aliphatic rings. The second kappa shape index (κ2) is 6.84. The molecule has 23 heavy (non-hydrogen) atoms. The molecule has 0 unspecified atom stereocenters. The number of rotatable bonds is 4. The number of aromatic nitrogens is 1. The maximum Gasteiger partial charge on any atom is 0.416 e. The molecular weight excluding hydrogens is 335 g/mol. The van der Waals surface area contributed by atoms with Gasteiger partial charge in [-0.15, -0.1) is 0 Å². The zero-order valence-electron chi connectivity index (χ0n) is 11.5. The number of hydroxylamine groups is 1. The largest absolute Gasteiger partial charge is 0.416 e. The minimum atomic E-state index is -4.39. The Balaban J connectivity index is 1.89. The van der Waals surface area contributed by atoms with Crippen molar-refractivity contribution in [3.63, 3.8) is 0 Å². The number of carbonyl (C=O) groups is 1. The van der Waals surface area contributed by atoms with Crippen molar-refractivity contribution in [2.45, 2.75) is 12.8 Å². The third-order valence-electron chi connectivity index (χ3n) is 2.82. The van der Waals surface area contributed by atoms with Gasteiger partial charge >= 0.3 is 6.18 Å². The van der Waals surface area contributed by atoms with E-state index in [0.717, 1.165) is 12.1 Å². The third kappa shape index (κ3) is 4.57. The first-order valence-electron chi connectivity index (χ1n) is 6.26. The van der Waals surface area contributed by atoms with Crippen LogP contribution in [-0.2, 0) is 17.6 Å². The van der Waals surface area contributed by atoms with Crippen molar-refractivity contribution < 1.29 is 22.8 Å². The normalized spacial score (nSPS) is 11.3. The van der Waals surface area contributed by atoms with Crippen LogP contribution in [0.2, 0.25) is 5.02 Å². The van der Waals surface area contributed by atoms with Gasteiger partial charge in [-0.05, 0) is 23.8 Å². The summed E-state index contributed by atoms with van der Waals surface area (Å²) in [5.74, 6) is -0.514. The van der Waals surface area contributed by atoms with Crippen LogP contribution in [-0.4, -0.2) is 10.9 Å². The smallest absolute Gasteiger partial charge is 0.382 e. The minimum absolute atomic E-state index is 0.0916. The van der Waals surface area contributed by atoms with Gasteiger partial charge < -0.3 is 5.73 Å². The Bertz CT molecular complexity index is 705. The van der Waals surface area contributed by atoms with E-state index in [-0.39, 0.29) is 23.0 Å². The fraction of sp³-hybridized carbons (Fsp3) is 0.143. The zero-order chi connectivity index (χ0) is 17.0. The van der Waals surface area contributed by atoms with Gasteiger partial charge in [0.1, 0.15) is 5.82 Å². The molecule has 0 saturated heterocycles. The molecule has 0 bridgehead atoms. The van der Waals surface area contributed by atoms with Crippen LogP contribution in [0.3, 0.4) is 0 Å². The average Bonchev–Trinajstić information content (AvgIpc) is 2.49. The predicted molar refractivity (Wildman–Crippen MR) is 77.4 cm³/mol. The van der Waals surface area contributed by atoms with Gasteiger partial charge in [0.15, 0.2) is 0 Å². The van der Waals surface area contributed by atoms with Gasteiger partial charge in [0.25, 0.3) is 5.91 Å². The van der Waals surface area contributed by atoms with E-state index < -0.39 is 17.6 Å². The van der Waals surface area contributed by atoms with Gasteiger partial charge in [-0.3, -0.25) is 9.63 Å². The van der Waals surface area contributed by atoms with E-state index >= 15 is 0 Å². The van der Waals surface area contributed by atoms with Crippen LogP contribution in [0.25, 0.3) is 0 Å². The first-order valence-corrected chi connectivity index (χ1v) is 6.64. The molecule has 1 aromatic heterocycles. The van der Waals surface area contributed by atoms with Crippen LogP contribution >= 0.6 is 11.6 Å². The van der Waals surface area contributed by atoms with Crippen molar-refractivity contribution in [3.8, 4) is 0 Å². The molecule has 0 atom stereocenters. The fourth-order valence-electron chi connectivity index (χ4n) is 1.61. The Hall–Kier alpha value is -2.32. The molecule has 3 N–H and O–H groups in total. The van der Waals surface area contributed by atoms with E-state index in [0.29, 0.717) is 5.56 Å². The number of nitrogens with zero attached hydrogens (tertiary/aromatic N) is 1. The predicted octanol–water partition coefficient (Wildman–Crippen LogP) is 3.20. The molecule has 0 radical (unpaired) electrons. The number of nitrogens with two attached hydrogens (primary N) is 1. The topological polar surface area (TPSA) is 77.2 Å². The maximum atomic E-state index is 12.4. The van der Waals surface area contributed by atoms with Crippen molar-refractivity contribution in [1.29, 1.82) is 0 Å². The molecular formula is C14H11ClF3N3O2. The molecule has 0 spiro atoms. The van der Waals surface area contributed by atoms with Gasteiger partial charge in [0, 0.05) is 6.20 Å². The highest BCUT2D eigenvalue weighted by Gasteiger charge is 2.29. The van der Waals surface area contributed by atoms with Gasteiger partial charge in [0.2, 0.25) is 0 Å². The van der Waals surface area contributed by atoms with Crippen molar-refractivity contribution in [2.75, 3.05) is 5.73 Å². The Morgan fingerprint density at radius 3 is 2.52 bits per heavy atom. The van der Waals surface area contributed by atoms with E-state index in [2.05, 4.69) is 10.5 Å². The highest BCUT2D eigenvalue weighted by atomic mass is 35.5. The monoisotopic (exact) mass is 345 g/mol. The molecule has 9 heteroatoms. The molecule has 5 nitrogen and oxygen atoms in total. The quantitative estimate of drug-likeness (QED) is 0.834. The molecule has 2 rings (SSSR count). The number of amides is 1. The van der Waals surface area contributed by atoms with E-state index in [1.165, 1.54) is 24.4 Å². The number of carbonyl (C=O) groups excluding carboxylic acids is 1. The number of hydrogen-bond donors (Lipinski definition) is 2. The standard InChI is InChI=1S/C14H11ClF3N3O2/c15-11-5-9(6-20-12(11)19)13(22)21-23-7-8-1-3-10(4-2-8)14(16,17)18/h1-6H,7H2,(H2,19,20)(H,21,22). The van der Waals surface area contributed by atoms with Gasteiger partial charge in [0.05, 0.1) is 22.8 Å². The number of nitrogens with one attached hydrogen (secondary N) is 1. The maximum absolute atomic E-state index is 12.4. The molecule has 0 fully saturated rings. The summed E-state index contributed by atoms with van der Waals surface area (Å²) in [5, 5.41) is 0.125. The molecule has 1 amide bonds. The molecule has 1 heterocycles. The molecule has 122 valence electrons. The number of anilines is 1. The van der Waals surface area contributed by atoms with E-state index in [1.54, 1.807) is 0 Å². The zero-order valence-corrected chi connectivity index (χ0v) is 12.3. The summed E-state index contributed by atoms with van der Waals surface area (Å²) in [6.45, 7) is -0.0972. The summed E-state index contributed by atoms with van der Waals surface area (Å²) >= 11 is 5.74. The first-order chi connectivity index (χ1) is 10.8. The lowest BCUT2D eigenvalue weighted by Crippen LogP contribution is -2.23. The fourth-order valence-corrected chi connectivity index (χ4v) is 1.77. The van der Waals surface area contributed by atoms with Crippen LogP contribution in [0.4, 0.5) is 19.0 Å². The van der Waals surface area contributed by atoms with Crippen LogP contribution in [0.15, 0.2) is 36.5 Å². The van der Waals surface area contributed by atoms with Crippen LogP contribution in [0.1, 0.15) is 21.5 Å². The minimum Gasteiger partial charge on any atom is -0.382 e. The Morgan fingerprint density at radius 1 is 1.30 bits per heavy atom. The van der Waals surface area contributed by atoms with E-state index in [4.69, 9.17) is 22.2 Å². The lowest BCUT2D eigenvalue weighted by molar-refractivity contribution is -0.137.